The molecule has 77 heavy (non-hydrogen) atoms. The lowest BCUT2D eigenvalue weighted by Crippen LogP contribution is -2.60. The lowest BCUT2D eigenvalue weighted by molar-refractivity contribution is -0.384. The van der Waals surface area contributed by atoms with E-state index in [0.717, 1.165) is 101 Å². The first-order chi connectivity index (χ1) is 37.1. The van der Waals surface area contributed by atoms with Gasteiger partial charge in [0.1, 0.15) is 34.7 Å². The number of nitrogens with one attached hydrogen (secondary N) is 3. The number of amides is 1. The highest BCUT2D eigenvalue weighted by molar-refractivity contribution is 7.90. The number of carbonyl (C=O) groups excluding carboxylic acids is 1. The highest BCUT2D eigenvalue weighted by Crippen LogP contribution is 2.53. The largest absolute Gasteiger partial charge is 0.486 e. The van der Waals surface area contributed by atoms with Crippen molar-refractivity contribution in [3.63, 3.8) is 0 Å². The number of aromatic amines is 1. The molecule has 2 aromatic heterocycles. The SMILES string of the molecule is CC(C)c1ccccc1C1CN(Cc2ccc(OC3COC3)cc2)CCN1C1CC2(CCN(c3ccc(C(=O)NS(=O)(=O)c4ccc(NCC5CCC(C)(O)CC5)c([N+](=O)[O-])c4)c(Oc4cnc5[nH]ccc5c4)c3)CC2)C1. The zero-order chi connectivity index (χ0) is 53.5. The average molecular weight is 1070 g/mol. The number of rotatable bonds is 17. The fourth-order valence-corrected chi connectivity index (χ4v) is 13.3. The normalized spacial score (nSPS) is 22.4. The molecule has 406 valence electrons. The molecule has 1 unspecified atom stereocenters. The number of nitrogens with zero attached hydrogens (tertiary/aromatic N) is 5. The van der Waals surface area contributed by atoms with Crippen molar-refractivity contribution in [3.8, 4) is 17.2 Å². The van der Waals surface area contributed by atoms with Crippen LogP contribution < -0.4 is 24.4 Å². The third-order valence-electron chi connectivity index (χ3n) is 17.0. The number of pyridine rings is 1. The smallest absolute Gasteiger partial charge is 0.293 e. The van der Waals surface area contributed by atoms with Gasteiger partial charge >= 0.3 is 0 Å². The third-order valence-corrected chi connectivity index (χ3v) is 18.3. The fourth-order valence-electron chi connectivity index (χ4n) is 12.3. The Bertz CT molecular complexity index is 3210. The van der Waals surface area contributed by atoms with Crippen molar-refractivity contribution < 1.29 is 37.5 Å². The fraction of sp³-hybridized carbons (Fsp3) is 0.458. The summed E-state index contributed by atoms with van der Waals surface area (Å²) in [7, 11) is -4.59. The number of hydrogen-bond acceptors (Lipinski definition) is 14. The van der Waals surface area contributed by atoms with E-state index in [-0.39, 0.29) is 40.5 Å². The van der Waals surface area contributed by atoms with Crippen molar-refractivity contribution >= 4 is 44.0 Å². The maximum Gasteiger partial charge on any atom is 0.293 e. The van der Waals surface area contributed by atoms with Crippen LogP contribution in [0.25, 0.3) is 11.0 Å². The first kappa shape index (κ1) is 52.5. The Labute approximate surface area is 450 Å². The number of piperidine rings is 1. The molecule has 4 N–H and O–H groups in total. The molecule has 0 bridgehead atoms. The molecule has 6 aromatic rings. The van der Waals surface area contributed by atoms with Gasteiger partial charge in [0, 0.05) is 87.3 Å². The molecule has 18 heteroatoms. The summed E-state index contributed by atoms with van der Waals surface area (Å²) in [4.78, 5) is 40.6. The van der Waals surface area contributed by atoms with E-state index in [1.807, 2.05) is 19.1 Å². The van der Waals surface area contributed by atoms with Gasteiger partial charge in [-0.1, -0.05) is 50.2 Å². The standard InChI is InChI=1S/C59H70N8O9S/c1-39(2)49-6-4-5-7-50(49)54-36-64(35-41-8-11-45(12-9-41)75-47-37-74-38-47)26-27-66(54)44-31-59(32-44)21-24-65(25-22-59)43-10-14-51(55(29-43)76-46-28-42-18-23-60-56(42)62-34-46)57(68)63-77(72,73)48-13-15-52(53(30-48)67(70)71)61-33-40-16-19-58(3,69)20-17-40/h4-15,18,23,28-30,34,39-40,44,47,54,61,69H,16-17,19-22,24-27,31-33,35-38H2,1-3H3,(H,60,62)(H,63,68). The number of nitro groups is 1. The van der Waals surface area contributed by atoms with Gasteiger partial charge in [-0.25, -0.2) is 18.1 Å². The summed E-state index contributed by atoms with van der Waals surface area (Å²) in [5.74, 6) is 1.04. The third kappa shape index (κ3) is 11.7. The quantitative estimate of drug-likeness (QED) is 0.0496. The summed E-state index contributed by atoms with van der Waals surface area (Å²) < 4.78 is 47.6. The highest BCUT2D eigenvalue weighted by Gasteiger charge is 2.50. The Morgan fingerprint density at radius 2 is 1.70 bits per heavy atom. The van der Waals surface area contributed by atoms with Crippen LogP contribution in [0, 0.1) is 21.4 Å². The van der Waals surface area contributed by atoms with Gasteiger partial charge in [0.25, 0.3) is 21.6 Å². The Balaban J connectivity index is 0.767. The summed E-state index contributed by atoms with van der Waals surface area (Å²) >= 11 is 0. The van der Waals surface area contributed by atoms with E-state index < -0.39 is 37.0 Å². The molecule has 0 radical (unpaired) electrons. The molecule has 2 aliphatic carbocycles. The van der Waals surface area contributed by atoms with E-state index in [1.165, 1.54) is 28.8 Å². The lowest BCUT2D eigenvalue weighted by Gasteiger charge is -2.58. The second-order valence-corrected chi connectivity index (χ2v) is 24.5. The van der Waals surface area contributed by atoms with Crippen molar-refractivity contribution in [1.82, 2.24) is 24.5 Å². The summed E-state index contributed by atoms with van der Waals surface area (Å²) in [6.07, 6.45) is 10.5. The summed E-state index contributed by atoms with van der Waals surface area (Å²) in [5, 5.41) is 26.5. The molecular weight excluding hydrogens is 997 g/mol. The Morgan fingerprint density at radius 3 is 2.43 bits per heavy atom. The maximum atomic E-state index is 14.1. The Hall–Kier alpha value is -6.57. The van der Waals surface area contributed by atoms with Gasteiger partial charge in [-0.15, -0.1) is 0 Å². The van der Waals surface area contributed by atoms with E-state index in [9.17, 15) is 28.4 Å². The number of aliphatic hydroxyl groups is 1. The van der Waals surface area contributed by atoms with Gasteiger partial charge < -0.3 is 34.5 Å². The number of ether oxygens (including phenoxy) is 3. The minimum Gasteiger partial charge on any atom is -0.486 e. The summed E-state index contributed by atoms with van der Waals surface area (Å²) in [5.41, 5.74) is 4.85. The van der Waals surface area contributed by atoms with Gasteiger partial charge in [0.2, 0.25) is 0 Å². The van der Waals surface area contributed by atoms with Crippen LogP contribution in [-0.4, -0.2) is 114 Å². The van der Waals surface area contributed by atoms with Crippen molar-refractivity contribution in [2.24, 2.45) is 11.3 Å². The molecule has 5 heterocycles. The average Bonchev–Trinajstić information content (AvgIpc) is 3.90. The van der Waals surface area contributed by atoms with E-state index >= 15 is 0 Å². The van der Waals surface area contributed by atoms with Crippen LogP contribution >= 0.6 is 0 Å². The van der Waals surface area contributed by atoms with E-state index in [2.05, 4.69) is 97.1 Å². The lowest BCUT2D eigenvalue weighted by atomic mass is 9.59. The zero-order valence-corrected chi connectivity index (χ0v) is 45.0. The van der Waals surface area contributed by atoms with Crippen LogP contribution in [0.15, 0.2) is 114 Å². The van der Waals surface area contributed by atoms with Gasteiger partial charge in [-0.05, 0) is 141 Å². The molecule has 5 fully saturated rings. The molecule has 11 rings (SSSR count). The second kappa shape index (κ2) is 21.7. The van der Waals surface area contributed by atoms with Crippen molar-refractivity contribution in [2.45, 2.75) is 113 Å². The van der Waals surface area contributed by atoms with E-state index in [0.29, 0.717) is 56.0 Å². The number of H-pyrrole nitrogens is 1. The van der Waals surface area contributed by atoms with Crippen LogP contribution in [0.2, 0.25) is 0 Å². The minimum absolute atomic E-state index is 0.0302. The molecule has 1 spiro atoms. The van der Waals surface area contributed by atoms with Gasteiger partial charge in [0.15, 0.2) is 0 Å². The number of anilines is 2. The van der Waals surface area contributed by atoms with Crippen molar-refractivity contribution in [1.29, 1.82) is 0 Å². The second-order valence-electron chi connectivity index (χ2n) is 22.8. The number of benzene rings is 4. The Morgan fingerprint density at radius 1 is 0.935 bits per heavy atom. The maximum absolute atomic E-state index is 14.1. The van der Waals surface area contributed by atoms with Crippen LogP contribution in [0.4, 0.5) is 17.1 Å². The minimum atomic E-state index is -4.59. The number of fused-ring (bicyclic) bond motifs is 1. The van der Waals surface area contributed by atoms with Crippen molar-refractivity contribution in [2.75, 3.05) is 62.7 Å². The van der Waals surface area contributed by atoms with Crippen LogP contribution in [-0.2, 0) is 21.3 Å². The number of sulfonamides is 1. The van der Waals surface area contributed by atoms with Crippen LogP contribution in [0.1, 0.15) is 111 Å². The van der Waals surface area contributed by atoms with Gasteiger partial charge in [-0.2, -0.15) is 0 Å². The first-order valence-electron chi connectivity index (χ1n) is 27.3. The highest BCUT2D eigenvalue weighted by atomic mass is 32.2. The molecule has 3 aliphatic heterocycles. The molecule has 2 saturated carbocycles. The number of hydrogen-bond donors (Lipinski definition) is 4. The topological polar surface area (TPSA) is 205 Å². The molecule has 1 atom stereocenters. The van der Waals surface area contributed by atoms with Crippen LogP contribution in [0.5, 0.6) is 17.2 Å². The number of carbonyl (C=O) groups is 1. The molecule has 17 nitrogen and oxygen atoms in total. The van der Waals surface area contributed by atoms with Crippen molar-refractivity contribution in [3.05, 3.63) is 142 Å². The predicted octanol–water partition coefficient (Wildman–Crippen LogP) is 9.94. The molecule has 3 saturated heterocycles. The monoisotopic (exact) mass is 1070 g/mol. The number of aromatic nitrogens is 2. The van der Waals surface area contributed by atoms with Crippen LogP contribution in [0.3, 0.4) is 0 Å². The molecule has 4 aromatic carbocycles. The first-order valence-corrected chi connectivity index (χ1v) is 28.8. The number of nitro benzene ring substituents is 1. The summed E-state index contributed by atoms with van der Waals surface area (Å²) in [6, 6.07) is 30.7. The molecule has 5 aliphatic rings. The summed E-state index contributed by atoms with van der Waals surface area (Å²) in [6.45, 7) is 13.6. The van der Waals surface area contributed by atoms with E-state index in [4.69, 9.17) is 14.2 Å². The Kier molecular flexibility index (Phi) is 14.8. The van der Waals surface area contributed by atoms with E-state index in [1.54, 1.807) is 30.6 Å². The molecular formula is C59H70N8O9S. The number of piperazine rings is 1. The molecule has 1 amide bonds. The zero-order valence-electron chi connectivity index (χ0n) is 44.2. The van der Waals surface area contributed by atoms with Gasteiger partial charge in [-0.3, -0.25) is 24.7 Å². The predicted molar refractivity (Wildman–Crippen MR) is 295 cm³/mol. The van der Waals surface area contributed by atoms with Gasteiger partial charge in [0.05, 0.1) is 40.4 Å².